The summed E-state index contributed by atoms with van der Waals surface area (Å²) >= 11 is 0. The highest BCUT2D eigenvalue weighted by atomic mass is 19.1. The van der Waals surface area contributed by atoms with E-state index in [2.05, 4.69) is 39.4 Å². The number of piperidine rings is 2. The van der Waals surface area contributed by atoms with Crippen LogP contribution in [0.3, 0.4) is 0 Å². The van der Waals surface area contributed by atoms with Gasteiger partial charge in [-0.25, -0.2) is 4.39 Å². The predicted octanol–water partition coefficient (Wildman–Crippen LogP) is 3.35. The van der Waals surface area contributed by atoms with Gasteiger partial charge in [-0.05, 0) is 96.0 Å². The number of aromatic nitrogens is 1. The molecule has 0 amide bonds. The Morgan fingerprint density at radius 1 is 1.12 bits per heavy atom. The Morgan fingerprint density at radius 3 is 2.66 bits per heavy atom. The maximum absolute atomic E-state index is 13.5. The molecule has 1 aromatic heterocycles. The Hall–Kier alpha value is -2.12. The van der Waals surface area contributed by atoms with Crippen molar-refractivity contribution in [1.29, 1.82) is 0 Å². The van der Waals surface area contributed by atoms with E-state index in [4.69, 9.17) is 4.99 Å². The zero-order valence-corrected chi connectivity index (χ0v) is 19.7. The van der Waals surface area contributed by atoms with Gasteiger partial charge in [0.05, 0.1) is 6.54 Å². The number of hydrogen-bond acceptors (Lipinski definition) is 3. The van der Waals surface area contributed by atoms with Crippen molar-refractivity contribution in [3.8, 4) is 0 Å². The second-order valence-corrected chi connectivity index (χ2v) is 9.45. The van der Waals surface area contributed by atoms with Gasteiger partial charge in [0.2, 0.25) is 0 Å². The van der Waals surface area contributed by atoms with E-state index < -0.39 is 0 Å². The Labute approximate surface area is 191 Å². The largest absolute Gasteiger partial charge is 0.361 e. The van der Waals surface area contributed by atoms with Gasteiger partial charge >= 0.3 is 0 Å². The number of nitrogens with one attached hydrogen (secondary N) is 3. The molecule has 0 saturated carbocycles. The first-order chi connectivity index (χ1) is 15.6. The third kappa shape index (κ3) is 5.44. The van der Waals surface area contributed by atoms with Crippen molar-refractivity contribution in [2.45, 2.75) is 51.0 Å². The molecule has 176 valence electrons. The molecular weight excluding hydrogens is 403 g/mol. The predicted molar refractivity (Wildman–Crippen MR) is 131 cm³/mol. The number of halogens is 1. The molecule has 32 heavy (non-hydrogen) atoms. The number of hydrogen-bond donors (Lipinski definition) is 3. The summed E-state index contributed by atoms with van der Waals surface area (Å²) in [6.07, 6.45) is 9.22. The van der Waals surface area contributed by atoms with Crippen molar-refractivity contribution in [3.63, 3.8) is 0 Å². The van der Waals surface area contributed by atoms with Gasteiger partial charge < -0.3 is 20.5 Å². The minimum Gasteiger partial charge on any atom is -0.361 e. The number of nitrogens with zero attached hydrogens (tertiary/aromatic N) is 3. The van der Waals surface area contributed by atoms with E-state index in [9.17, 15) is 4.39 Å². The molecule has 7 heteroatoms. The fraction of sp³-hybridized carbons (Fsp3) is 0.640. The Morgan fingerprint density at radius 2 is 1.91 bits per heavy atom. The van der Waals surface area contributed by atoms with E-state index in [1.165, 1.54) is 56.8 Å². The highest BCUT2D eigenvalue weighted by Crippen LogP contribution is 2.31. The summed E-state index contributed by atoms with van der Waals surface area (Å²) in [5.74, 6) is 0.691. The normalized spacial score (nSPS) is 20.5. The zero-order chi connectivity index (χ0) is 22.4. The maximum atomic E-state index is 13.5. The number of H-pyrrole nitrogens is 1. The van der Waals surface area contributed by atoms with Gasteiger partial charge in [0, 0.05) is 35.7 Å². The van der Waals surface area contributed by atoms with Crippen molar-refractivity contribution in [2.24, 2.45) is 4.99 Å². The molecule has 0 aliphatic carbocycles. The van der Waals surface area contributed by atoms with E-state index in [0.717, 1.165) is 56.0 Å². The first-order valence-electron chi connectivity index (χ1n) is 12.3. The number of benzene rings is 1. The van der Waals surface area contributed by atoms with Gasteiger partial charge in [-0.3, -0.25) is 9.89 Å². The fourth-order valence-electron chi connectivity index (χ4n) is 5.23. The molecule has 0 radical (unpaired) electrons. The van der Waals surface area contributed by atoms with Crippen LogP contribution in [0, 0.1) is 5.82 Å². The molecule has 3 N–H and O–H groups in total. The van der Waals surface area contributed by atoms with E-state index in [1.807, 2.05) is 12.3 Å². The Bertz CT molecular complexity index is 893. The molecule has 2 aliphatic heterocycles. The van der Waals surface area contributed by atoms with Crippen LogP contribution in [-0.4, -0.2) is 79.1 Å². The lowest BCUT2D eigenvalue weighted by molar-refractivity contribution is 0.0208. The molecule has 1 aromatic carbocycles. The SMILES string of the molecule is CCNC(=NCC1(N2CCCCC2)CCN(C)CC1)NCCc1c[nH]c2cc(F)ccc12. The van der Waals surface area contributed by atoms with Crippen LogP contribution in [-0.2, 0) is 6.42 Å². The molecule has 6 nitrogen and oxygen atoms in total. The fourth-order valence-corrected chi connectivity index (χ4v) is 5.23. The highest BCUT2D eigenvalue weighted by molar-refractivity contribution is 5.83. The highest BCUT2D eigenvalue weighted by Gasteiger charge is 2.39. The van der Waals surface area contributed by atoms with Crippen molar-refractivity contribution in [1.82, 2.24) is 25.4 Å². The molecule has 2 aliphatic rings. The zero-order valence-electron chi connectivity index (χ0n) is 19.7. The average molecular weight is 443 g/mol. The second-order valence-electron chi connectivity index (χ2n) is 9.45. The minimum atomic E-state index is -0.206. The van der Waals surface area contributed by atoms with Gasteiger partial charge in [0.15, 0.2) is 5.96 Å². The topological polar surface area (TPSA) is 58.7 Å². The van der Waals surface area contributed by atoms with E-state index in [1.54, 1.807) is 6.07 Å². The quantitative estimate of drug-likeness (QED) is 0.455. The number of rotatable bonds is 7. The monoisotopic (exact) mass is 442 g/mol. The van der Waals surface area contributed by atoms with Crippen LogP contribution in [0.1, 0.15) is 44.6 Å². The summed E-state index contributed by atoms with van der Waals surface area (Å²) < 4.78 is 13.5. The van der Waals surface area contributed by atoms with E-state index >= 15 is 0 Å². The molecule has 0 bridgehead atoms. The van der Waals surface area contributed by atoms with Crippen LogP contribution in [0.5, 0.6) is 0 Å². The van der Waals surface area contributed by atoms with Crippen LogP contribution in [0.25, 0.3) is 10.9 Å². The Kier molecular flexibility index (Phi) is 7.68. The number of aromatic amines is 1. The molecule has 0 spiro atoms. The first kappa shape index (κ1) is 23.1. The Balaban J connectivity index is 1.40. The van der Waals surface area contributed by atoms with Crippen LogP contribution in [0.2, 0.25) is 0 Å². The molecule has 4 rings (SSSR count). The van der Waals surface area contributed by atoms with E-state index in [-0.39, 0.29) is 11.4 Å². The van der Waals surface area contributed by atoms with Gasteiger partial charge in [-0.1, -0.05) is 6.42 Å². The second kappa shape index (κ2) is 10.7. The summed E-state index contributed by atoms with van der Waals surface area (Å²) in [6.45, 7) is 9.32. The lowest BCUT2D eigenvalue weighted by Crippen LogP contribution is -2.58. The average Bonchev–Trinajstić information content (AvgIpc) is 3.21. The third-order valence-electron chi connectivity index (χ3n) is 7.24. The summed E-state index contributed by atoms with van der Waals surface area (Å²) in [6, 6.07) is 4.94. The minimum absolute atomic E-state index is 0.191. The van der Waals surface area contributed by atoms with Gasteiger partial charge in [0.25, 0.3) is 0 Å². The van der Waals surface area contributed by atoms with E-state index in [0.29, 0.717) is 0 Å². The van der Waals surface area contributed by atoms with Crippen molar-refractivity contribution < 1.29 is 4.39 Å². The lowest BCUT2D eigenvalue weighted by atomic mass is 9.84. The number of fused-ring (bicyclic) bond motifs is 1. The summed E-state index contributed by atoms with van der Waals surface area (Å²) in [7, 11) is 2.23. The summed E-state index contributed by atoms with van der Waals surface area (Å²) in [5.41, 5.74) is 2.24. The molecule has 2 aromatic rings. The molecule has 2 fully saturated rings. The van der Waals surface area contributed by atoms with Crippen LogP contribution in [0.4, 0.5) is 4.39 Å². The number of aliphatic imine (C=N–C) groups is 1. The third-order valence-corrected chi connectivity index (χ3v) is 7.24. The van der Waals surface area contributed by atoms with Gasteiger partial charge in [0.1, 0.15) is 5.82 Å². The molecule has 0 atom stereocenters. The molecule has 3 heterocycles. The maximum Gasteiger partial charge on any atom is 0.191 e. The van der Waals surface area contributed by atoms with Crippen LogP contribution in [0.15, 0.2) is 29.4 Å². The summed E-state index contributed by atoms with van der Waals surface area (Å²) in [4.78, 5) is 13.4. The number of likely N-dealkylation sites (tertiary alicyclic amines) is 2. The van der Waals surface area contributed by atoms with Crippen LogP contribution >= 0.6 is 0 Å². The van der Waals surface area contributed by atoms with Crippen molar-refractivity contribution in [2.75, 3.05) is 52.9 Å². The lowest BCUT2D eigenvalue weighted by Gasteiger charge is -2.49. The van der Waals surface area contributed by atoms with Crippen LogP contribution < -0.4 is 10.6 Å². The smallest absolute Gasteiger partial charge is 0.191 e. The van der Waals surface area contributed by atoms with Crippen molar-refractivity contribution in [3.05, 3.63) is 35.8 Å². The van der Waals surface area contributed by atoms with Gasteiger partial charge in [-0.15, -0.1) is 0 Å². The van der Waals surface area contributed by atoms with Gasteiger partial charge in [-0.2, -0.15) is 0 Å². The first-order valence-corrected chi connectivity index (χ1v) is 12.3. The van der Waals surface area contributed by atoms with Crippen molar-refractivity contribution >= 4 is 16.9 Å². The standard InChI is InChI=1S/C25H39FN6/c1-3-27-24(28-12-9-20-18-29-23-17-21(26)7-8-22(20)23)30-19-25(10-15-31(2)16-11-25)32-13-5-4-6-14-32/h7-8,17-18,29H,3-6,9-16,19H2,1-2H3,(H2,27,28,30). The summed E-state index contributed by atoms with van der Waals surface area (Å²) in [5, 5.41) is 8.04. The molecule has 0 unspecified atom stereocenters. The molecule has 2 saturated heterocycles. The number of guanidine groups is 1. The molecular formula is C25H39FN6.